The van der Waals surface area contributed by atoms with E-state index in [1.165, 1.54) is 12.1 Å². The molecular formula is C14H19F3N2O. The average molecular weight is 288 g/mol. The minimum Gasteiger partial charge on any atom is -0.355 e. The van der Waals surface area contributed by atoms with Crippen LogP contribution in [0.2, 0.25) is 0 Å². The zero-order valence-electron chi connectivity index (χ0n) is 11.6. The van der Waals surface area contributed by atoms with E-state index in [0.29, 0.717) is 18.5 Å². The van der Waals surface area contributed by atoms with Gasteiger partial charge in [0.15, 0.2) is 0 Å². The van der Waals surface area contributed by atoms with Crippen molar-refractivity contribution in [2.75, 3.05) is 20.1 Å². The summed E-state index contributed by atoms with van der Waals surface area (Å²) in [5, 5.41) is 5.43. The van der Waals surface area contributed by atoms with Gasteiger partial charge in [-0.05, 0) is 31.0 Å². The number of likely N-dealkylation sites (N-methyl/N-ethyl adjacent to an activating group) is 1. The molecule has 0 radical (unpaired) electrons. The lowest BCUT2D eigenvalue weighted by molar-refractivity contribution is -0.137. The minimum atomic E-state index is -4.32. The molecule has 0 aliphatic carbocycles. The van der Waals surface area contributed by atoms with Crippen molar-refractivity contribution in [3.05, 3.63) is 35.4 Å². The Kier molecular flexibility index (Phi) is 6.01. The fraction of sp³-hybridized carbons (Fsp3) is 0.500. The summed E-state index contributed by atoms with van der Waals surface area (Å²) >= 11 is 0. The van der Waals surface area contributed by atoms with Gasteiger partial charge in [-0.15, -0.1) is 0 Å². The van der Waals surface area contributed by atoms with Gasteiger partial charge >= 0.3 is 6.18 Å². The Hall–Kier alpha value is -1.56. The Morgan fingerprint density at radius 2 is 2.05 bits per heavy atom. The highest BCUT2D eigenvalue weighted by Gasteiger charge is 2.30. The number of halogens is 3. The van der Waals surface area contributed by atoms with Gasteiger partial charge in [0.1, 0.15) is 0 Å². The lowest BCUT2D eigenvalue weighted by Crippen LogP contribution is -2.33. The molecule has 0 saturated carbocycles. The van der Waals surface area contributed by atoms with E-state index in [0.717, 1.165) is 6.07 Å². The van der Waals surface area contributed by atoms with Crippen molar-refractivity contribution < 1.29 is 18.0 Å². The third kappa shape index (κ3) is 5.21. The third-order valence-corrected chi connectivity index (χ3v) is 3.02. The largest absolute Gasteiger partial charge is 0.416 e. The predicted octanol–water partition coefficient (Wildman–Crippen LogP) is 2.53. The summed E-state index contributed by atoms with van der Waals surface area (Å²) in [7, 11) is 1.67. The molecule has 6 heteroatoms. The van der Waals surface area contributed by atoms with E-state index in [1.54, 1.807) is 13.1 Å². The molecule has 2 N–H and O–H groups in total. The zero-order chi connectivity index (χ0) is 15.2. The van der Waals surface area contributed by atoms with Crippen LogP contribution in [0.4, 0.5) is 13.2 Å². The summed E-state index contributed by atoms with van der Waals surface area (Å²) < 4.78 is 37.8. The van der Waals surface area contributed by atoms with Gasteiger partial charge in [-0.2, -0.15) is 13.2 Å². The number of benzene rings is 1. The molecule has 1 aromatic carbocycles. The van der Waals surface area contributed by atoms with Gasteiger partial charge in [0, 0.05) is 6.54 Å². The highest BCUT2D eigenvalue weighted by Crippen LogP contribution is 2.31. The molecule has 112 valence electrons. The number of hydrogen-bond donors (Lipinski definition) is 2. The highest BCUT2D eigenvalue weighted by atomic mass is 19.4. The molecule has 20 heavy (non-hydrogen) atoms. The van der Waals surface area contributed by atoms with Crippen molar-refractivity contribution in [2.24, 2.45) is 0 Å². The molecular weight excluding hydrogens is 269 g/mol. The second-order valence-electron chi connectivity index (χ2n) is 4.69. The molecule has 0 saturated heterocycles. The SMILES string of the molecule is CNCC(=O)NCCC(C)c1cccc(C(F)(F)F)c1. The van der Waals surface area contributed by atoms with Crippen LogP contribution in [-0.2, 0) is 11.0 Å². The average Bonchev–Trinajstić information content (AvgIpc) is 2.38. The molecule has 0 fully saturated rings. The van der Waals surface area contributed by atoms with Crippen molar-refractivity contribution >= 4 is 5.91 Å². The number of rotatable bonds is 6. The fourth-order valence-electron chi connectivity index (χ4n) is 1.84. The molecule has 0 aliphatic rings. The summed E-state index contributed by atoms with van der Waals surface area (Å²) in [6, 6.07) is 5.31. The second kappa shape index (κ2) is 7.28. The second-order valence-corrected chi connectivity index (χ2v) is 4.69. The number of alkyl halides is 3. The van der Waals surface area contributed by atoms with Crippen LogP contribution in [0.1, 0.15) is 30.4 Å². The van der Waals surface area contributed by atoms with Crippen LogP contribution in [-0.4, -0.2) is 26.0 Å². The van der Waals surface area contributed by atoms with Gasteiger partial charge in [-0.1, -0.05) is 25.1 Å². The molecule has 0 bridgehead atoms. The summed E-state index contributed by atoms with van der Waals surface area (Å²) in [6.07, 6.45) is -3.73. The summed E-state index contributed by atoms with van der Waals surface area (Å²) in [6.45, 7) is 2.52. The van der Waals surface area contributed by atoms with Crippen LogP contribution < -0.4 is 10.6 Å². The lowest BCUT2D eigenvalue weighted by Gasteiger charge is -2.15. The van der Waals surface area contributed by atoms with Gasteiger partial charge in [-0.3, -0.25) is 4.79 Å². The number of carbonyl (C=O) groups is 1. The van der Waals surface area contributed by atoms with Crippen LogP contribution in [0, 0.1) is 0 Å². The van der Waals surface area contributed by atoms with Crippen molar-refractivity contribution in [3.63, 3.8) is 0 Å². The monoisotopic (exact) mass is 288 g/mol. The highest BCUT2D eigenvalue weighted by molar-refractivity contribution is 5.77. The first-order valence-corrected chi connectivity index (χ1v) is 6.43. The van der Waals surface area contributed by atoms with Gasteiger partial charge in [-0.25, -0.2) is 0 Å². The van der Waals surface area contributed by atoms with E-state index in [4.69, 9.17) is 0 Å². The molecule has 0 heterocycles. The number of amides is 1. The van der Waals surface area contributed by atoms with Crippen LogP contribution in [0.15, 0.2) is 24.3 Å². The van der Waals surface area contributed by atoms with E-state index in [2.05, 4.69) is 10.6 Å². The first-order chi connectivity index (χ1) is 9.34. The Morgan fingerprint density at radius 1 is 1.35 bits per heavy atom. The molecule has 0 aliphatic heterocycles. The van der Waals surface area contributed by atoms with Gasteiger partial charge in [0.05, 0.1) is 12.1 Å². The van der Waals surface area contributed by atoms with E-state index >= 15 is 0 Å². The lowest BCUT2D eigenvalue weighted by atomic mass is 9.96. The first kappa shape index (κ1) is 16.5. The Balaban J connectivity index is 2.55. The third-order valence-electron chi connectivity index (χ3n) is 3.02. The van der Waals surface area contributed by atoms with E-state index < -0.39 is 11.7 Å². The molecule has 1 unspecified atom stereocenters. The summed E-state index contributed by atoms with van der Waals surface area (Å²) in [4.78, 5) is 11.2. The van der Waals surface area contributed by atoms with Gasteiger partial charge in [0.25, 0.3) is 0 Å². The van der Waals surface area contributed by atoms with Crippen molar-refractivity contribution in [3.8, 4) is 0 Å². The normalized spacial score (nSPS) is 13.1. The van der Waals surface area contributed by atoms with E-state index in [-0.39, 0.29) is 18.4 Å². The topological polar surface area (TPSA) is 41.1 Å². The standard InChI is InChI=1S/C14H19F3N2O/c1-10(6-7-19-13(20)9-18-2)11-4-3-5-12(8-11)14(15,16)17/h3-5,8,10,18H,6-7,9H2,1-2H3,(H,19,20). The summed E-state index contributed by atoms with van der Waals surface area (Å²) in [5.74, 6) is -0.170. The van der Waals surface area contributed by atoms with Crippen molar-refractivity contribution in [1.29, 1.82) is 0 Å². The molecule has 1 aromatic rings. The maximum atomic E-state index is 12.6. The van der Waals surface area contributed by atoms with Crippen molar-refractivity contribution in [2.45, 2.75) is 25.4 Å². The van der Waals surface area contributed by atoms with Gasteiger partial charge in [0.2, 0.25) is 5.91 Å². The van der Waals surface area contributed by atoms with Crippen LogP contribution in [0.3, 0.4) is 0 Å². The number of carbonyl (C=O) groups excluding carboxylic acids is 1. The maximum Gasteiger partial charge on any atom is 0.416 e. The Labute approximate surface area is 116 Å². The fourth-order valence-corrected chi connectivity index (χ4v) is 1.84. The maximum absolute atomic E-state index is 12.6. The molecule has 0 spiro atoms. The molecule has 1 atom stereocenters. The van der Waals surface area contributed by atoms with E-state index in [1.807, 2.05) is 6.92 Å². The van der Waals surface area contributed by atoms with E-state index in [9.17, 15) is 18.0 Å². The van der Waals surface area contributed by atoms with Crippen LogP contribution in [0.5, 0.6) is 0 Å². The molecule has 3 nitrogen and oxygen atoms in total. The zero-order valence-corrected chi connectivity index (χ0v) is 11.6. The first-order valence-electron chi connectivity index (χ1n) is 6.43. The molecule has 1 amide bonds. The van der Waals surface area contributed by atoms with Crippen LogP contribution >= 0.6 is 0 Å². The number of hydrogen-bond acceptors (Lipinski definition) is 2. The molecule has 1 rings (SSSR count). The van der Waals surface area contributed by atoms with Crippen LogP contribution in [0.25, 0.3) is 0 Å². The van der Waals surface area contributed by atoms with Gasteiger partial charge < -0.3 is 10.6 Å². The van der Waals surface area contributed by atoms with Crippen molar-refractivity contribution in [1.82, 2.24) is 10.6 Å². The Morgan fingerprint density at radius 3 is 2.65 bits per heavy atom. The smallest absolute Gasteiger partial charge is 0.355 e. The quantitative estimate of drug-likeness (QED) is 0.844. The Bertz CT molecular complexity index is 446. The minimum absolute atomic E-state index is 0.0489. The predicted molar refractivity (Wildman–Crippen MR) is 71.4 cm³/mol. The molecule has 0 aromatic heterocycles. The summed E-state index contributed by atoms with van der Waals surface area (Å²) in [5.41, 5.74) is -0.0104. The number of nitrogens with one attached hydrogen (secondary N) is 2.